The lowest BCUT2D eigenvalue weighted by Crippen LogP contribution is -2.00. The fraction of sp³-hybridized carbons (Fsp3) is 0.200. The van der Waals surface area contributed by atoms with Crippen molar-refractivity contribution in [3.63, 3.8) is 0 Å². The Labute approximate surface area is 161 Å². The van der Waals surface area contributed by atoms with E-state index in [4.69, 9.17) is 9.47 Å². The summed E-state index contributed by atoms with van der Waals surface area (Å²) in [5, 5.41) is 6.90. The molecule has 0 amide bonds. The molecule has 0 aliphatic heterocycles. The molecular weight excluding hydrogens is 365 g/mol. The Morgan fingerprint density at radius 2 is 1.96 bits per heavy atom. The minimum atomic E-state index is -0.265. The lowest BCUT2D eigenvalue weighted by atomic mass is 10.2. The number of benzene rings is 2. The van der Waals surface area contributed by atoms with Crippen LogP contribution in [-0.2, 0) is 6.61 Å². The number of ether oxygens (including phenoxy) is 2. The predicted molar refractivity (Wildman–Crippen MR) is 106 cm³/mol. The van der Waals surface area contributed by atoms with Crippen LogP contribution in [0.1, 0.15) is 23.7 Å². The van der Waals surface area contributed by atoms with Gasteiger partial charge < -0.3 is 9.47 Å². The van der Waals surface area contributed by atoms with E-state index in [0.29, 0.717) is 24.7 Å². The number of hydrazone groups is 1. The Balaban J connectivity index is 1.66. The fourth-order valence-corrected chi connectivity index (χ4v) is 2.94. The molecular formula is C20H20FN3O2S. The minimum Gasteiger partial charge on any atom is -0.490 e. The van der Waals surface area contributed by atoms with Crippen molar-refractivity contribution in [2.24, 2.45) is 5.10 Å². The number of aromatic nitrogens is 1. The zero-order chi connectivity index (χ0) is 19.1. The van der Waals surface area contributed by atoms with E-state index in [2.05, 4.69) is 15.5 Å². The molecule has 1 aromatic heterocycles. The van der Waals surface area contributed by atoms with E-state index in [9.17, 15) is 4.39 Å². The number of thiazole rings is 1. The van der Waals surface area contributed by atoms with Gasteiger partial charge in [-0.1, -0.05) is 12.1 Å². The smallest absolute Gasteiger partial charge is 0.203 e. The van der Waals surface area contributed by atoms with Gasteiger partial charge in [0.2, 0.25) is 5.13 Å². The van der Waals surface area contributed by atoms with Gasteiger partial charge in [-0.25, -0.2) is 9.37 Å². The van der Waals surface area contributed by atoms with Crippen molar-refractivity contribution in [1.82, 2.24) is 4.98 Å². The Kier molecular flexibility index (Phi) is 6.38. The molecule has 1 heterocycles. The molecule has 0 spiro atoms. The van der Waals surface area contributed by atoms with Crippen molar-refractivity contribution in [2.45, 2.75) is 20.5 Å². The van der Waals surface area contributed by atoms with Gasteiger partial charge >= 0.3 is 0 Å². The number of nitrogens with zero attached hydrogens (tertiary/aromatic N) is 2. The third-order valence-electron chi connectivity index (χ3n) is 3.57. The number of nitrogens with one attached hydrogen (secondary N) is 1. The van der Waals surface area contributed by atoms with Crippen LogP contribution in [0.4, 0.5) is 9.52 Å². The van der Waals surface area contributed by atoms with Crippen LogP contribution in [-0.4, -0.2) is 17.8 Å². The van der Waals surface area contributed by atoms with Crippen LogP contribution in [0.25, 0.3) is 0 Å². The zero-order valence-electron chi connectivity index (χ0n) is 15.1. The molecule has 2 aromatic carbocycles. The summed E-state index contributed by atoms with van der Waals surface area (Å²) in [7, 11) is 0. The lowest BCUT2D eigenvalue weighted by molar-refractivity contribution is 0.269. The van der Waals surface area contributed by atoms with Crippen molar-refractivity contribution in [3.05, 3.63) is 70.5 Å². The average Bonchev–Trinajstić information content (AvgIpc) is 3.08. The second-order valence-corrected chi connectivity index (χ2v) is 6.58. The molecule has 0 radical (unpaired) electrons. The second-order valence-electron chi connectivity index (χ2n) is 5.72. The molecule has 0 saturated heterocycles. The van der Waals surface area contributed by atoms with E-state index in [0.717, 1.165) is 22.0 Å². The van der Waals surface area contributed by atoms with Crippen LogP contribution in [0.5, 0.6) is 11.5 Å². The SMILES string of the molecule is CCOc1cc(C=NNc2nc(C)cs2)ccc1OCc1ccc(F)cc1. The van der Waals surface area contributed by atoms with Crippen LogP contribution in [0, 0.1) is 12.7 Å². The molecule has 27 heavy (non-hydrogen) atoms. The maximum absolute atomic E-state index is 13.0. The van der Waals surface area contributed by atoms with Gasteiger partial charge in [-0.2, -0.15) is 5.10 Å². The lowest BCUT2D eigenvalue weighted by Gasteiger charge is -2.12. The zero-order valence-corrected chi connectivity index (χ0v) is 15.9. The number of halogens is 1. The van der Waals surface area contributed by atoms with Crippen molar-refractivity contribution in [1.29, 1.82) is 0 Å². The van der Waals surface area contributed by atoms with Crippen molar-refractivity contribution >= 4 is 22.7 Å². The summed E-state index contributed by atoms with van der Waals surface area (Å²) in [5.74, 6) is 0.995. The Morgan fingerprint density at radius 1 is 1.15 bits per heavy atom. The Morgan fingerprint density at radius 3 is 2.67 bits per heavy atom. The molecule has 1 N–H and O–H groups in total. The Hall–Kier alpha value is -2.93. The maximum atomic E-state index is 13.0. The molecule has 3 rings (SSSR count). The van der Waals surface area contributed by atoms with E-state index in [1.54, 1.807) is 18.3 Å². The molecule has 0 unspecified atom stereocenters. The summed E-state index contributed by atoms with van der Waals surface area (Å²) >= 11 is 1.50. The highest BCUT2D eigenvalue weighted by Crippen LogP contribution is 2.29. The van der Waals surface area contributed by atoms with E-state index >= 15 is 0 Å². The topological polar surface area (TPSA) is 55.7 Å². The quantitative estimate of drug-likeness (QED) is 0.437. The van der Waals surface area contributed by atoms with Gasteiger partial charge in [0.25, 0.3) is 0 Å². The van der Waals surface area contributed by atoms with Gasteiger partial charge in [0, 0.05) is 5.38 Å². The number of hydrogen-bond acceptors (Lipinski definition) is 6. The first-order chi connectivity index (χ1) is 13.1. The molecule has 0 bridgehead atoms. The van der Waals surface area contributed by atoms with E-state index in [1.807, 2.05) is 37.4 Å². The summed E-state index contributed by atoms with van der Waals surface area (Å²) < 4.78 is 24.5. The summed E-state index contributed by atoms with van der Waals surface area (Å²) in [5.41, 5.74) is 5.61. The summed E-state index contributed by atoms with van der Waals surface area (Å²) in [6.45, 7) is 4.70. The van der Waals surface area contributed by atoms with Crippen molar-refractivity contribution in [2.75, 3.05) is 12.0 Å². The van der Waals surface area contributed by atoms with Crippen LogP contribution in [0.15, 0.2) is 52.9 Å². The van der Waals surface area contributed by atoms with Crippen LogP contribution < -0.4 is 14.9 Å². The number of rotatable bonds is 8. The van der Waals surface area contributed by atoms with E-state index in [1.165, 1.54) is 23.5 Å². The molecule has 0 aliphatic rings. The first-order valence-corrected chi connectivity index (χ1v) is 9.37. The monoisotopic (exact) mass is 385 g/mol. The summed E-state index contributed by atoms with van der Waals surface area (Å²) in [4.78, 5) is 4.29. The highest BCUT2D eigenvalue weighted by molar-refractivity contribution is 7.13. The normalized spacial score (nSPS) is 10.9. The van der Waals surface area contributed by atoms with Gasteiger partial charge in [-0.15, -0.1) is 11.3 Å². The highest BCUT2D eigenvalue weighted by Gasteiger charge is 2.07. The van der Waals surface area contributed by atoms with Gasteiger partial charge in [0.15, 0.2) is 11.5 Å². The van der Waals surface area contributed by atoms with E-state index < -0.39 is 0 Å². The van der Waals surface area contributed by atoms with Crippen molar-refractivity contribution in [3.8, 4) is 11.5 Å². The van der Waals surface area contributed by atoms with Crippen LogP contribution in [0.3, 0.4) is 0 Å². The highest BCUT2D eigenvalue weighted by atomic mass is 32.1. The summed E-state index contributed by atoms with van der Waals surface area (Å²) in [6.07, 6.45) is 1.70. The third-order valence-corrected chi connectivity index (χ3v) is 4.43. The molecule has 140 valence electrons. The molecule has 0 fully saturated rings. The maximum Gasteiger partial charge on any atom is 0.203 e. The first-order valence-electron chi connectivity index (χ1n) is 8.49. The number of anilines is 1. The van der Waals surface area contributed by atoms with Crippen LogP contribution >= 0.6 is 11.3 Å². The fourth-order valence-electron chi connectivity index (χ4n) is 2.30. The third kappa shape index (κ3) is 5.52. The molecule has 0 atom stereocenters. The second kappa shape index (κ2) is 9.14. The first kappa shape index (κ1) is 18.8. The Bertz CT molecular complexity index is 910. The molecule has 0 aliphatic carbocycles. The predicted octanol–water partition coefficient (Wildman–Crippen LogP) is 5.01. The van der Waals surface area contributed by atoms with Crippen molar-refractivity contribution < 1.29 is 13.9 Å². The van der Waals surface area contributed by atoms with Gasteiger partial charge in [0.05, 0.1) is 18.5 Å². The summed E-state index contributed by atoms with van der Waals surface area (Å²) in [6, 6.07) is 11.8. The van der Waals surface area contributed by atoms with Gasteiger partial charge in [0.1, 0.15) is 12.4 Å². The molecule has 7 heteroatoms. The number of hydrogen-bond donors (Lipinski definition) is 1. The largest absolute Gasteiger partial charge is 0.490 e. The average molecular weight is 385 g/mol. The van der Waals surface area contributed by atoms with Crippen LogP contribution in [0.2, 0.25) is 0 Å². The molecule has 5 nitrogen and oxygen atoms in total. The molecule has 0 saturated carbocycles. The van der Waals surface area contributed by atoms with E-state index in [-0.39, 0.29) is 5.82 Å². The molecule has 3 aromatic rings. The number of aryl methyl sites for hydroxylation is 1. The van der Waals surface area contributed by atoms with Gasteiger partial charge in [-0.3, -0.25) is 5.43 Å². The van der Waals surface area contributed by atoms with Gasteiger partial charge in [-0.05, 0) is 55.3 Å². The standard InChI is InChI=1S/C20H20FN3O2S/c1-3-25-19-10-16(11-22-24-20-23-14(2)13-27-20)6-9-18(19)26-12-15-4-7-17(21)8-5-15/h4-11,13H,3,12H2,1-2H3,(H,23,24). The minimum absolute atomic E-state index is 0.265.